The lowest BCUT2D eigenvalue weighted by Crippen LogP contribution is -2.13. The molecule has 0 heterocycles. The highest BCUT2D eigenvalue weighted by atomic mass is 19.4. The van der Waals surface area contributed by atoms with E-state index in [0.29, 0.717) is 17.1 Å². The summed E-state index contributed by atoms with van der Waals surface area (Å²) >= 11 is 0. The molecule has 3 aromatic carbocycles. The van der Waals surface area contributed by atoms with Crippen LogP contribution in [0.25, 0.3) is 0 Å². The van der Waals surface area contributed by atoms with Crippen LogP contribution in [-0.4, -0.2) is 5.91 Å². The fraction of sp³-hybridized carbons (Fsp3) is 0.0500. The lowest BCUT2D eigenvalue weighted by molar-refractivity contribution is -0.137. The zero-order valence-corrected chi connectivity index (χ0v) is 13.8. The summed E-state index contributed by atoms with van der Waals surface area (Å²) in [7, 11) is 0. The Kier molecular flexibility index (Phi) is 5.12. The van der Waals surface area contributed by atoms with Crippen LogP contribution in [-0.2, 0) is 6.18 Å². The highest BCUT2D eigenvalue weighted by molar-refractivity contribution is 6.04. The van der Waals surface area contributed by atoms with E-state index in [4.69, 9.17) is 0 Å². The number of hydrogen-bond donors (Lipinski definition) is 2. The van der Waals surface area contributed by atoms with Crippen molar-refractivity contribution in [1.82, 2.24) is 0 Å². The van der Waals surface area contributed by atoms with Gasteiger partial charge in [-0.2, -0.15) is 13.2 Å². The fourth-order valence-electron chi connectivity index (χ4n) is 2.41. The van der Waals surface area contributed by atoms with E-state index < -0.39 is 23.5 Å². The quantitative estimate of drug-likeness (QED) is 0.563. The van der Waals surface area contributed by atoms with Gasteiger partial charge in [-0.05, 0) is 54.6 Å². The molecule has 3 nitrogen and oxygen atoms in total. The minimum Gasteiger partial charge on any atom is -0.355 e. The minimum atomic E-state index is -4.42. The number of anilines is 3. The van der Waals surface area contributed by atoms with Gasteiger partial charge in [0, 0.05) is 17.1 Å². The molecule has 0 radical (unpaired) electrons. The Morgan fingerprint density at radius 1 is 0.778 bits per heavy atom. The molecule has 0 spiro atoms. The van der Waals surface area contributed by atoms with Gasteiger partial charge in [0.1, 0.15) is 5.82 Å². The summed E-state index contributed by atoms with van der Waals surface area (Å²) in [6.45, 7) is 0. The third-order valence-corrected chi connectivity index (χ3v) is 3.75. The van der Waals surface area contributed by atoms with E-state index in [1.54, 1.807) is 30.3 Å². The van der Waals surface area contributed by atoms with Crippen LogP contribution in [0.3, 0.4) is 0 Å². The second-order valence-corrected chi connectivity index (χ2v) is 5.71. The molecule has 0 bridgehead atoms. The van der Waals surface area contributed by atoms with Gasteiger partial charge in [-0.25, -0.2) is 4.39 Å². The molecule has 0 aliphatic heterocycles. The van der Waals surface area contributed by atoms with Crippen LogP contribution in [0.1, 0.15) is 15.9 Å². The van der Waals surface area contributed by atoms with E-state index in [0.717, 1.165) is 18.2 Å². The summed E-state index contributed by atoms with van der Waals surface area (Å²) in [6.07, 6.45) is -4.42. The van der Waals surface area contributed by atoms with Crippen LogP contribution in [0.4, 0.5) is 34.6 Å². The number of nitrogens with one attached hydrogen (secondary N) is 2. The maximum Gasteiger partial charge on any atom is 0.416 e. The van der Waals surface area contributed by atoms with Crippen molar-refractivity contribution in [3.05, 3.63) is 89.7 Å². The first kappa shape index (κ1) is 18.4. The first-order valence-corrected chi connectivity index (χ1v) is 7.93. The fourth-order valence-corrected chi connectivity index (χ4v) is 2.41. The number of alkyl halides is 3. The average molecular weight is 374 g/mol. The third-order valence-electron chi connectivity index (χ3n) is 3.75. The van der Waals surface area contributed by atoms with Crippen molar-refractivity contribution in [2.75, 3.05) is 10.6 Å². The molecule has 27 heavy (non-hydrogen) atoms. The first-order chi connectivity index (χ1) is 12.8. The van der Waals surface area contributed by atoms with Crippen LogP contribution < -0.4 is 10.6 Å². The van der Waals surface area contributed by atoms with Crippen LogP contribution in [0, 0.1) is 5.82 Å². The van der Waals surface area contributed by atoms with Gasteiger partial charge in [-0.15, -0.1) is 0 Å². The number of rotatable bonds is 4. The Morgan fingerprint density at radius 3 is 2.00 bits per heavy atom. The molecule has 0 saturated heterocycles. The number of halogens is 4. The summed E-state index contributed by atoms with van der Waals surface area (Å²) < 4.78 is 52.0. The molecule has 0 aliphatic rings. The van der Waals surface area contributed by atoms with Crippen molar-refractivity contribution in [3.63, 3.8) is 0 Å². The first-order valence-electron chi connectivity index (χ1n) is 7.93. The second kappa shape index (κ2) is 7.49. The number of carbonyl (C=O) groups excluding carboxylic acids is 1. The molecule has 0 aliphatic carbocycles. The summed E-state index contributed by atoms with van der Waals surface area (Å²) in [6, 6.07) is 16.9. The lowest BCUT2D eigenvalue weighted by Gasteiger charge is -2.11. The molecule has 7 heteroatoms. The molecule has 0 saturated carbocycles. The molecule has 3 rings (SSSR count). The van der Waals surface area contributed by atoms with Gasteiger partial charge in [0.15, 0.2) is 0 Å². The summed E-state index contributed by atoms with van der Waals surface area (Å²) in [5.74, 6) is -1.35. The molecule has 2 N–H and O–H groups in total. The average Bonchev–Trinajstić information content (AvgIpc) is 2.62. The Hall–Kier alpha value is -3.35. The van der Waals surface area contributed by atoms with Crippen molar-refractivity contribution < 1.29 is 22.4 Å². The molecular formula is C20H14F4N2O. The van der Waals surface area contributed by atoms with E-state index >= 15 is 0 Å². The van der Waals surface area contributed by atoms with Crippen molar-refractivity contribution >= 4 is 23.0 Å². The van der Waals surface area contributed by atoms with E-state index in [-0.39, 0.29) is 5.56 Å². The molecule has 3 aromatic rings. The number of para-hydroxylation sites is 1. The number of benzene rings is 3. The standard InChI is InChI=1S/C20H14F4N2O/c21-18-12-16(25-15-8-6-13(7-9-15)20(22,23)24)10-11-17(18)19(27)26-14-4-2-1-3-5-14/h1-12,25H,(H,26,27). The largest absolute Gasteiger partial charge is 0.416 e. The van der Waals surface area contributed by atoms with Crippen LogP contribution in [0.2, 0.25) is 0 Å². The molecule has 0 atom stereocenters. The van der Waals surface area contributed by atoms with E-state index in [1.165, 1.54) is 24.3 Å². The monoisotopic (exact) mass is 374 g/mol. The van der Waals surface area contributed by atoms with E-state index in [2.05, 4.69) is 10.6 Å². The SMILES string of the molecule is O=C(Nc1ccccc1)c1ccc(Nc2ccc(C(F)(F)F)cc2)cc1F. The molecule has 1 amide bonds. The third kappa shape index (κ3) is 4.63. The summed E-state index contributed by atoms with van der Waals surface area (Å²) in [5.41, 5.74) is 0.297. The second-order valence-electron chi connectivity index (χ2n) is 5.71. The van der Waals surface area contributed by atoms with Crippen molar-refractivity contribution in [2.24, 2.45) is 0 Å². The molecule has 0 unspecified atom stereocenters. The Morgan fingerprint density at radius 2 is 1.41 bits per heavy atom. The normalized spacial score (nSPS) is 11.1. The highest BCUT2D eigenvalue weighted by Gasteiger charge is 2.29. The molecular weight excluding hydrogens is 360 g/mol. The van der Waals surface area contributed by atoms with Crippen molar-refractivity contribution in [1.29, 1.82) is 0 Å². The van der Waals surface area contributed by atoms with Crippen LogP contribution in [0.5, 0.6) is 0 Å². The summed E-state index contributed by atoms with van der Waals surface area (Å²) in [5, 5.41) is 5.38. The molecule has 0 fully saturated rings. The Balaban J connectivity index is 1.72. The van der Waals surface area contributed by atoms with E-state index in [9.17, 15) is 22.4 Å². The van der Waals surface area contributed by atoms with Crippen molar-refractivity contribution in [3.8, 4) is 0 Å². The summed E-state index contributed by atoms with van der Waals surface area (Å²) in [4.78, 5) is 12.2. The van der Waals surface area contributed by atoms with E-state index in [1.807, 2.05) is 0 Å². The van der Waals surface area contributed by atoms with Gasteiger partial charge in [0.05, 0.1) is 11.1 Å². The highest BCUT2D eigenvalue weighted by Crippen LogP contribution is 2.30. The van der Waals surface area contributed by atoms with Crippen molar-refractivity contribution in [2.45, 2.75) is 6.18 Å². The number of hydrogen-bond acceptors (Lipinski definition) is 2. The number of carbonyl (C=O) groups is 1. The number of amides is 1. The Bertz CT molecular complexity index is 938. The zero-order valence-electron chi connectivity index (χ0n) is 13.8. The van der Waals surface area contributed by atoms with Crippen LogP contribution >= 0.6 is 0 Å². The molecule has 0 aromatic heterocycles. The predicted molar refractivity (Wildman–Crippen MR) is 95.5 cm³/mol. The smallest absolute Gasteiger partial charge is 0.355 e. The lowest BCUT2D eigenvalue weighted by atomic mass is 10.1. The van der Waals surface area contributed by atoms with Gasteiger partial charge in [0.2, 0.25) is 0 Å². The molecule has 138 valence electrons. The topological polar surface area (TPSA) is 41.1 Å². The van der Waals surface area contributed by atoms with Crippen LogP contribution in [0.15, 0.2) is 72.8 Å². The maximum atomic E-state index is 14.3. The Labute approximate surface area is 152 Å². The van der Waals surface area contributed by atoms with Gasteiger partial charge in [0.25, 0.3) is 5.91 Å². The van der Waals surface area contributed by atoms with Gasteiger partial charge >= 0.3 is 6.18 Å². The maximum absolute atomic E-state index is 14.3. The zero-order chi connectivity index (χ0) is 19.4. The van der Waals surface area contributed by atoms with Gasteiger partial charge in [-0.3, -0.25) is 4.79 Å². The minimum absolute atomic E-state index is 0.142. The van der Waals surface area contributed by atoms with Gasteiger partial charge in [-0.1, -0.05) is 18.2 Å². The predicted octanol–water partition coefficient (Wildman–Crippen LogP) is 5.84. The van der Waals surface area contributed by atoms with Gasteiger partial charge < -0.3 is 10.6 Å².